The Morgan fingerprint density at radius 2 is 2.12 bits per heavy atom. The monoisotopic (exact) mass is 246 g/mol. The smallest absolute Gasteiger partial charge is 0.0897 e. The Kier molecular flexibility index (Phi) is 3.92. The van der Waals surface area contributed by atoms with Gasteiger partial charge in [-0.3, -0.25) is 0 Å². The number of thiazole rings is 1. The summed E-state index contributed by atoms with van der Waals surface area (Å²) in [5.74, 6) is 0. The maximum absolute atomic E-state index is 6.16. The second kappa shape index (κ2) is 5.43. The predicted octanol–water partition coefficient (Wildman–Crippen LogP) is 2.87. The lowest BCUT2D eigenvalue weighted by Gasteiger charge is -2.10. The van der Waals surface area contributed by atoms with Gasteiger partial charge in [-0.25, -0.2) is 4.98 Å². The molecule has 0 fully saturated rings. The first-order chi connectivity index (χ1) is 8.13. The summed E-state index contributed by atoms with van der Waals surface area (Å²) in [5, 5.41) is 3.22. The van der Waals surface area contributed by atoms with Gasteiger partial charge in [0.2, 0.25) is 0 Å². The summed E-state index contributed by atoms with van der Waals surface area (Å²) in [7, 11) is 0. The van der Waals surface area contributed by atoms with Crippen molar-refractivity contribution in [2.75, 3.05) is 0 Å². The highest BCUT2D eigenvalue weighted by Gasteiger charge is 2.07. The summed E-state index contributed by atoms with van der Waals surface area (Å²) in [4.78, 5) is 4.45. The highest BCUT2D eigenvalue weighted by Crippen LogP contribution is 2.12. The minimum atomic E-state index is 0.151. The molecular weight excluding hydrogens is 228 g/mol. The van der Waals surface area contributed by atoms with E-state index in [-0.39, 0.29) is 6.04 Å². The second-order valence-corrected chi connectivity index (χ2v) is 5.58. The third-order valence-corrected chi connectivity index (χ3v) is 3.54. The largest absolute Gasteiger partial charge is 0.327 e. The molecule has 90 valence electrons. The van der Waals surface area contributed by atoms with E-state index in [9.17, 15) is 0 Å². The van der Waals surface area contributed by atoms with E-state index in [0.717, 1.165) is 23.5 Å². The standard InChI is InChI=1S/C14H18N2S/c1-10-4-3-5-12(6-10)7-13(15)8-14-9-17-11(2)16-14/h3-6,9,13H,7-8,15H2,1-2H3. The second-order valence-electron chi connectivity index (χ2n) is 4.52. The van der Waals surface area contributed by atoms with Crippen LogP contribution in [0, 0.1) is 13.8 Å². The van der Waals surface area contributed by atoms with Crippen molar-refractivity contribution < 1.29 is 0 Å². The summed E-state index contributed by atoms with van der Waals surface area (Å²) in [6, 6.07) is 8.69. The number of hydrogen-bond donors (Lipinski definition) is 1. The Labute approximate surface area is 107 Å². The summed E-state index contributed by atoms with van der Waals surface area (Å²) >= 11 is 1.69. The summed E-state index contributed by atoms with van der Waals surface area (Å²) in [6.07, 6.45) is 1.77. The zero-order valence-corrected chi connectivity index (χ0v) is 11.1. The SMILES string of the molecule is Cc1cccc(CC(N)Cc2csc(C)n2)c1. The molecule has 0 saturated heterocycles. The van der Waals surface area contributed by atoms with Crippen LogP contribution in [0.3, 0.4) is 0 Å². The van der Waals surface area contributed by atoms with Crippen LogP contribution in [-0.4, -0.2) is 11.0 Å². The van der Waals surface area contributed by atoms with Gasteiger partial charge < -0.3 is 5.73 Å². The van der Waals surface area contributed by atoms with Gasteiger partial charge in [-0.05, 0) is 25.8 Å². The Morgan fingerprint density at radius 1 is 1.29 bits per heavy atom. The molecule has 2 aromatic rings. The lowest BCUT2D eigenvalue weighted by Crippen LogP contribution is -2.25. The minimum absolute atomic E-state index is 0.151. The molecule has 2 N–H and O–H groups in total. The maximum Gasteiger partial charge on any atom is 0.0897 e. The van der Waals surface area contributed by atoms with Crippen molar-refractivity contribution in [3.63, 3.8) is 0 Å². The van der Waals surface area contributed by atoms with E-state index in [1.54, 1.807) is 11.3 Å². The van der Waals surface area contributed by atoms with Gasteiger partial charge in [0.25, 0.3) is 0 Å². The van der Waals surface area contributed by atoms with Crippen molar-refractivity contribution in [3.8, 4) is 0 Å². The molecule has 1 aromatic carbocycles. The lowest BCUT2D eigenvalue weighted by atomic mass is 10.0. The van der Waals surface area contributed by atoms with Crippen LogP contribution in [0.25, 0.3) is 0 Å². The van der Waals surface area contributed by atoms with Crippen LogP contribution in [0.15, 0.2) is 29.6 Å². The predicted molar refractivity (Wildman–Crippen MR) is 73.4 cm³/mol. The van der Waals surface area contributed by atoms with Crippen molar-refractivity contribution in [2.24, 2.45) is 5.73 Å². The van der Waals surface area contributed by atoms with Gasteiger partial charge in [0, 0.05) is 17.8 Å². The van der Waals surface area contributed by atoms with E-state index in [4.69, 9.17) is 5.73 Å². The Bertz CT molecular complexity index is 490. The average molecular weight is 246 g/mol. The van der Waals surface area contributed by atoms with E-state index >= 15 is 0 Å². The van der Waals surface area contributed by atoms with E-state index in [1.165, 1.54) is 11.1 Å². The molecular formula is C14H18N2S. The van der Waals surface area contributed by atoms with Crippen molar-refractivity contribution in [1.82, 2.24) is 4.98 Å². The van der Waals surface area contributed by atoms with Crippen molar-refractivity contribution in [1.29, 1.82) is 0 Å². The molecule has 0 aliphatic heterocycles. The average Bonchev–Trinajstić information content (AvgIpc) is 2.63. The Balaban J connectivity index is 1.95. The lowest BCUT2D eigenvalue weighted by molar-refractivity contribution is 0.655. The third-order valence-electron chi connectivity index (χ3n) is 2.72. The topological polar surface area (TPSA) is 38.9 Å². The molecule has 1 aromatic heterocycles. The summed E-state index contributed by atoms with van der Waals surface area (Å²) in [6.45, 7) is 4.14. The zero-order chi connectivity index (χ0) is 12.3. The molecule has 2 nitrogen and oxygen atoms in total. The van der Waals surface area contributed by atoms with Crippen LogP contribution >= 0.6 is 11.3 Å². The molecule has 0 amide bonds. The third kappa shape index (κ3) is 3.65. The number of nitrogens with two attached hydrogens (primary N) is 1. The van der Waals surface area contributed by atoms with Gasteiger partial charge in [-0.2, -0.15) is 0 Å². The number of nitrogens with zero attached hydrogens (tertiary/aromatic N) is 1. The normalized spacial score (nSPS) is 12.6. The van der Waals surface area contributed by atoms with Crippen molar-refractivity contribution in [2.45, 2.75) is 32.7 Å². The molecule has 1 heterocycles. The molecule has 1 unspecified atom stereocenters. The molecule has 3 heteroatoms. The number of hydrogen-bond acceptors (Lipinski definition) is 3. The molecule has 17 heavy (non-hydrogen) atoms. The van der Waals surface area contributed by atoms with E-state index < -0.39 is 0 Å². The van der Waals surface area contributed by atoms with E-state index in [1.807, 2.05) is 6.92 Å². The van der Waals surface area contributed by atoms with Gasteiger partial charge in [-0.1, -0.05) is 29.8 Å². The van der Waals surface area contributed by atoms with Crippen molar-refractivity contribution in [3.05, 3.63) is 51.5 Å². The molecule has 0 aliphatic rings. The van der Waals surface area contributed by atoms with Crippen LogP contribution in [0.5, 0.6) is 0 Å². The summed E-state index contributed by atoms with van der Waals surface area (Å²) in [5.41, 5.74) is 9.88. The van der Waals surface area contributed by atoms with Crippen LogP contribution < -0.4 is 5.73 Å². The van der Waals surface area contributed by atoms with Gasteiger partial charge in [0.05, 0.1) is 10.7 Å². The van der Waals surface area contributed by atoms with E-state index in [0.29, 0.717) is 0 Å². The Hall–Kier alpha value is -1.19. The molecule has 0 spiro atoms. The highest BCUT2D eigenvalue weighted by atomic mass is 32.1. The zero-order valence-electron chi connectivity index (χ0n) is 10.3. The van der Waals surface area contributed by atoms with Crippen molar-refractivity contribution >= 4 is 11.3 Å². The number of aromatic nitrogens is 1. The van der Waals surface area contributed by atoms with Crippen LogP contribution in [-0.2, 0) is 12.8 Å². The number of aryl methyl sites for hydroxylation is 2. The minimum Gasteiger partial charge on any atom is -0.327 e. The van der Waals surface area contributed by atoms with Gasteiger partial charge >= 0.3 is 0 Å². The van der Waals surface area contributed by atoms with Crippen LogP contribution in [0.2, 0.25) is 0 Å². The van der Waals surface area contributed by atoms with Gasteiger partial charge in [-0.15, -0.1) is 11.3 Å². The Morgan fingerprint density at radius 3 is 2.76 bits per heavy atom. The summed E-state index contributed by atoms with van der Waals surface area (Å²) < 4.78 is 0. The van der Waals surface area contributed by atoms with Crippen LogP contribution in [0.4, 0.5) is 0 Å². The fourth-order valence-electron chi connectivity index (χ4n) is 1.98. The van der Waals surface area contributed by atoms with Gasteiger partial charge in [0.1, 0.15) is 0 Å². The number of benzene rings is 1. The van der Waals surface area contributed by atoms with Crippen LogP contribution in [0.1, 0.15) is 21.8 Å². The molecule has 1 atom stereocenters. The molecule has 0 saturated carbocycles. The first-order valence-corrected chi connectivity index (χ1v) is 6.73. The fourth-order valence-corrected chi connectivity index (χ4v) is 2.61. The highest BCUT2D eigenvalue weighted by molar-refractivity contribution is 7.09. The molecule has 2 rings (SSSR count). The molecule has 0 radical (unpaired) electrons. The molecule has 0 aliphatic carbocycles. The van der Waals surface area contributed by atoms with Gasteiger partial charge in [0.15, 0.2) is 0 Å². The first-order valence-electron chi connectivity index (χ1n) is 5.85. The quantitative estimate of drug-likeness (QED) is 0.901. The first kappa shape index (κ1) is 12.3. The fraction of sp³-hybridized carbons (Fsp3) is 0.357. The van der Waals surface area contributed by atoms with E-state index in [2.05, 4.69) is 41.6 Å². The number of rotatable bonds is 4. The molecule has 0 bridgehead atoms. The maximum atomic E-state index is 6.16.